The lowest BCUT2D eigenvalue weighted by Crippen LogP contribution is -2.03. The van der Waals surface area contributed by atoms with Crippen molar-refractivity contribution in [3.8, 4) is 22.5 Å². The molecule has 1 aliphatic rings. The summed E-state index contributed by atoms with van der Waals surface area (Å²) >= 11 is 0. The van der Waals surface area contributed by atoms with Gasteiger partial charge in [0.2, 0.25) is 0 Å². The van der Waals surface area contributed by atoms with Gasteiger partial charge >= 0.3 is 0 Å². The molecule has 3 aromatic rings. The second-order valence-corrected chi connectivity index (χ2v) is 7.08. The third kappa shape index (κ3) is 9.53. The van der Waals surface area contributed by atoms with Crippen LogP contribution in [-0.4, -0.2) is 16.2 Å². The average molecular weight is 444 g/mol. The number of aromatic nitrogens is 2. The summed E-state index contributed by atoms with van der Waals surface area (Å²) in [5.74, 6) is 0. The molecular weight excluding hydrogens is 402 g/mol. The van der Waals surface area contributed by atoms with Crippen molar-refractivity contribution in [3.63, 3.8) is 0 Å². The van der Waals surface area contributed by atoms with Crippen molar-refractivity contribution in [3.05, 3.63) is 84.7 Å². The number of hydrogen-bond acceptors (Lipinski definition) is 3. The third-order valence-electron chi connectivity index (χ3n) is 4.78. The number of aliphatic imine (C=N–C) groups is 1. The van der Waals surface area contributed by atoms with Crippen molar-refractivity contribution in [2.45, 2.75) is 73.3 Å². The first-order chi connectivity index (χ1) is 16.3. The van der Waals surface area contributed by atoms with E-state index in [-0.39, 0.29) is 6.04 Å². The van der Waals surface area contributed by atoms with Crippen LogP contribution in [-0.2, 0) is 0 Å². The fraction of sp³-hybridized carbons (Fsp3) is 0.367. The SMILES string of the molecule is C1=CCC(c2cc(-c3ccccc3)cc(-c3ccccn3)n2)N=C1.CC.CC.CCCCC. The molecule has 1 atom stereocenters. The van der Waals surface area contributed by atoms with Gasteiger partial charge in [-0.3, -0.25) is 9.98 Å². The van der Waals surface area contributed by atoms with E-state index >= 15 is 0 Å². The molecule has 0 amide bonds. The Morgan fingerprint density at radius 3 is 2.03 bits per heavy atom. The lowest BCUT2D eigenvalue weighted by molar-refractivity contribution is 0.714. The lowest BCUT2D eigenvalue weighted by Gasteiger charge is -2.15. The molecule has 33 heavy (non-hydrogen) atoms. The fourth-order valence-electron chi connectivity index (χ4n) is 3.20. The van der Waals surface area contributed by atoms with Gasteiger partial charge in [0.15, 0.2) is 0 Å². The summed E-state index contributed by atoms with van der Waals surface area (Å²) in [4.78, 5) is 13.9. The van der Waals surface area contributed by atoms with Gasteiger partial charge < -0.3 is 0 Å². The second-order valence-electron chi connectivity index (χ2n) is 7.08. The normalized spacial score (nSPS) is 13.5. The molecule has 176 valence electrons. The maximum absolute atomic E-state index is 4.84. The monoisotopic (exact) mass is 443 g/mol. The topological polar surface area (TPSA) is 38.1 Å². The van der Waals surface area contributed by atoms with Gasteiger partial charge in [0.1, 0.15) is 0 Å². The van der Waals surface area contributed by atoms with Crippen molar-refractivity contribution in [1.82, 2.24) is 9.97 Å². The number of pyridine rings is 2. The number of hydrogen-bond donors (Lipinski definition) is 0. The van der Waals surface area contributed by atoms with Gasteiger partial charge in [-0.2, -0.15) is 0 Å². The highest BCUT2D eigenvalue weighted by atomic mass is 14.9. The van der Waals surface area contributed by atoms with Crippen molar-refractivity contribution < 1.29 is 0 Å². The zero-order chi connectivity index (χ0) is 24.3. The number of unbranched alkanes of at least 4 members (excludes halogenated alkanes) is 2. The van der Waals surface area contributed by atoms with Crippen LogP contribution in [0.15, 0.2) is 84.0 Å². The number of rotatable bonds is 5. The van der Waals surface area contributed by atoms with Gasteiger partial charge in [-0.15, -0.1) is 0 Å². The number of allylic oxidation sites excluding steroid dienone is 1. The molecule has 0 radical (unpaired) electrons. The summed E-state index contributed by atoms with van der Waals surface area (Å²) < 4.78 is 0. The minimum atomic E-state index is 0.0705. The number of benzene rings is 1. The van der Waals surface area contributed by atoms with E-state index in [1.807, 2.05) is 64.3 Å². The first-order valence-corrected chi connectivity index (χ1v) is 12.5. The second kappa shape index (κ2) is 17.5. The van der Waals surface area contributed by atoms with Crippen molar-refractivity contribution in [2.24, 2.45) is 4.99 Å². The van der Waals surface area contributed by atoms with Gasteiger partial charge in [0, 0.05) is 12.4 Å². The standard InChI is InChI=1S/C21H17N3.C5H12.2C2H6/c1-2-8-16(9-3-1)17-14-20(18-10-4-6-12-22-18)24-21(15-17)19-11-5-7-13-23-19;1-3-5-4-2;2*1-2/h1-10,12-15,19H,11H2;3-5H2,1-2H3;2*1-2H3. The van der Waals surface area contributed by atoms with Crippen LogP contribution in [0.1, 0.15) is 79.0 Å². The largest absolute Gasteiger partial charge is 0.283 e. The molecule has 0 aliphatic carbocycles. The number of dihydropyridines is 1. The summed E-state index contributed by atoms with van der Waals surface area (Å²) in [7, 11) is 0. The van der Waals surface area contributed by atoms with Gasteiger partial charge in [-0.25, -0.2) is 4.98 Å². The maximum atomic E-state index is 4.84. The summed E-state index contributed by atoms with van der Waals surface area (Å²) in [5, 5.41) is 0. The highest BCUT2D eigenvalue weighted by Crippen LogP contribution is 2.30. The smallest absolute Gasteiger partial charge is 0.0954 e. The molecule has 0 saturated carbocycles. The molecule has 3 nitrogen and oxygen atoms in total. The van der Waals surface area contributed by atoms with E-state index in [1.165, 1.54) is 24.8 Å². The van der Waals surface area contributed by atoms with Crippen LogP contribution >= 0.6 is 0 Å². The minimum Gasteiger partial charge on any atom is -0.283 e. The minimum absolute atomic E-state index is 0.0705. The van der Waals surface area contributed by atoms with E-state index in [9.17, 15) is 0 Å². The Kier molecular flexibility index (Phi) is 14.8. The van der Waals surface area contributed by atoms with E-state index in [0.717, 1.165) is 29.1 Å². The van der Waals surface area contributed by atoms with Crippen LogP contribution in [0, 0.1) is 0 Å². The van der Waals surface area contributed by atoms with Crippen LogP contribution in [0.25, 0.3) is 22.5 Å². The Hall–Kier alpha value is -3.07. The highest BCUT2D eigenvalue weighted by Gasteiger charge is 2.15. The molecule has 1 unspecified atom stereocenters. The third-order valence-corrected chi connectivity index (χ3v) is 4.78. The molecule has 0 saturated heterocycles. The molecule has 1 aliphatic heterocycles. The average Bonchev–Trinajstić information content (AvgIpc) is 2.93. The Labute approximate surface area is 201 Å². The summed E-state index contributed by atoms with van der Waals surface area (Å²) in [6.07, 6.45) is 12.7. The van der Waals surface area contributed by atoms with Gasteiger partial charge in [-0.05, 0) is 47.9 Å². The quantitative estimate of drug-likeness (QED) is 0.394. The van der Waals surface area contributed by atoms with Crippen molar-refractivity contribution >= 4 is 6.21 Å². The van der Waals surface area contributed by atoms with Crippen LogP contribution in [0.3, 0.4) is 0 Å². The molecule has 0 N–H and O–H groups in total. The van der Waals surface area contributed by atoms with E-state index < -0.39 is 0 Å². The molecule has 3 heterocycles. The van der Waals surface area contributed by atoms with Crippen LogP contribution < -0.4 is 0 Å². The van der Waals surface area contributed by atoms with Gasteiger partial charge in [-0.1, -0.05) is 103 Å². The maximum Gasteiger partial charge on any atom is 0.0954 e. The Morgan fingerprint density at radius 2 is 1.48 bits per heavy atom. The molecule has 2 aromatic heterocycles. The van der Waals surface area contributed by atoms with E-state index in [0.29, 0.717) is 0 Å². The molecule has 0 fully saturated rings. The molecule has 3 heteroatoms. The Balaban J connectivity index is 0.000000529. The first-order valence-electron chi connectivity index (χ1n) is 12.5. The van der Waals surface area contributed by atoms with E-state index in [4.69, 9.17) is 4.98 Å². The fourth-order valence-corrected chi connectivity index (χ4v) is 3.20. The summed E-state index contributed by atoms with van der Waals surface area (Å²) in [6.45, 7) is 12.4. The van der Waals surface area contributed by atoms with E-state index in [1.54, 1.807) is 6.20 Å². The Morgan fingerprint density at radius 1 is 0.788 bits per heavy atom. The van der Waals surface area contributed by atoms with Gasteiger partial charge in [0.25, 0.3) is 0 Å². The zero-order valence-electron chi connectivity index (χ0n) is 21.3. The van der Waals surface area contributed by atoms with Crippen molar-refractivity contribution in [1.29, 1.82) is 0 Å². The molecular formula is C30H41N3. The van der Waals surface area contributed by atoms with Crippen LogP contribution in [0.5, 0.6) is 0 Å². The van der Waals surface area contributed by atoms with Crippen molar-refractivity contribution in [2.75, 3.05) is 0 Å². The predicted octanol–water partition coefficient (Wildman–Crippen LogP) is 9.13. The van der Waals surface area contributed by atoms with E-state index in [2.05, 4.69) is 66.3 Å². The lowest BCUT2D eigenvalue weighted by atomic mass is 10.00. The Bertz CT molecular complexity index is 872. The highest BCUT2D eigenvalue weighted by molar-refractivity contribution is 5.73. The molecule has 4 rings (SSSR count). The van der Waals surface area contributed by atoms with Crippen LogP contribution in [0.2, 0.25) is 0 Å². The zero-order valence-corrected chi connectivity index (χ0v) is 21.3. The van der Waals surface area contributed by atoms with Crippen LogP contribution in [0.4, 0.5) is 0 Å². The molecule has 0 spiro atoms. The number of nitrogens with zero attached hydrogens (tertiary/aromatic N) is 3. The first kappa shape index (κ1) is 28.0. The predicted molar refractivity (Wildman–Crippen MR) is 146 cm³/mol. The van der Waals surface area contributed by atoms with Gasteiger partial charge in [0.05, 0.1) is 23.1 Å². The summed E-state index contributed by atoms with van der Waals surface area (Å²) in [5.41, 5.74) is 5.07. The summed E-state index contributed by atoms with van der Waals surface area (Å²) in [6, 6.07) is 20.6. The molecule has 1 aromatic carbocycles. The molecule has 0 bridgehead atoms.